The van der Waals surface area contributed by atoms with Crippen LogP contribution in [0.1, 0.15) is 38.3 Å². The first-order valence-corrected chi connectivity index (χ1v) is 8.03. The van der Waals surface area contributed by atoms with Crippen molar-refractivity contribution >= 4 is 11.6 Å². The second-order valence-electron chi connectivity index (χ2n) is 5.78. The Hall–Kier alpha value is -0.970. The summed E-state index contributed by atoms with van der Waals surface area (Å²) in [5.41, 5.74) is 7.02. The number of hydrogen-bond acceptors (Lipinski definition) is 4. The molecule has 0 bridgehead atoms. The lowest BCUT2D eigenvalue weighted by Gasteiger charge is -2.37. The van der Waals surface area contributed by atoms with E-state index in [-0.39, 0.29) is 11.8 Å². The predicted molar refractivity (Wildman–Crippen MR) is 86.1 cm³/mol. The van der Waals surface area contributed by atoms with Crippen molar-refractivity contribution < 1.29 is 9.84 Å². The molecule has 3 N–H and O–H groups in total. The molecule has 1 aromatic carbocycles. The molecule has 0 amide bonds. The third-order valence-electron chi connectivity index (χ3n) is 4.09. The molecule has 118 valence electrons. The molecule has 0 aromatic heterocycles. The topological polar surface area (TPSA) is 58.7 Å². The number of benzene rings is 1. The highest BCUT2D eigenvalue weighted by Gasteiger charge is 2.25. The molecule has 1 fully saturated rings. The Balaban J connectivity index is 2.28. The number of likely N-dealkylation sites (tertiary alicyclic amines) is 1. The number of phenolic OH excluding ortho intramolecular Hbond substituents is 1. The molecule has 4 nitrogen and oxygen atoms in total. The van der Waals surface area contributed by atoms with Gasteiger partial charge in [-0.25, -0.2) is 0 Å². The number of nitrogens with two attached hydrogens (primary N) is 1. The summed E-state index contributed by atoms with van der Waals surface area (Å²) in [7, 11) is 0. The van der Waals surface area contributed by atoms with Gasteiger partial charge in [-0.1, -0.05) is 18.5 Å². The third-order valence-corrected chi connectivity index (χ3v) is 4.38. The van der Waals surface area contributed by atoms with Gasteiger partial charge in [0.2, 0.25) is 0 Å². The zero-order chi connectivity index (χ0) is 15.4. The fourth-order valence-corrected chi connectivity index (χ4v) is 3.28. The summed E-state index contributed by atoms with van der Waals surface area (Å²) in [6.45, 7) is 7.27. The van der Waals surface area contributed by atoms with Crippen LogP contribution < -0.4 is 10.5 Å². The largest absolute Gasteiger partial charge is 0.503 e. The fraction of sp³-hybridized carbons (Fsp3) is 0.625. The Morgan fingerprint density at radius 3 is 2.90 bits per heavy atom. The number of aromatic hydroxyl groups is 1. The van der Waals surface area contributed by atoms with E-state index < -0.39 is 0 Å². The first kappa shape index (κ1) is 16.4. The maximum absolute atomic E-state index is 9.96. The molecule has 1 aliphatic rings. The number of ether oxygens (including phenoxy) is 1. The number of nitrogens with zero attached hydrogens (tertiary/aromatic N) is 1. The summed E-state index contributed by atoms with van der Waals surface area (Å²) in [5, 5.41) is 10.3. The lowest BCUT2D eigenvalue weighted by atomic mass is 9.96. The van der Waals surface area contributed by atoms with E-state index in [1.165, 1.54) is 12.8 Å². The zero-order valence-electron chi connectivity index (χ0n) is 12.8. The van der Waals surface area contributed by atoms with Gasteiger partial charge in [-0.3, -0.25) is 4.90 Å². The van der Waals surface area contributed by atoms with Crippen molar-refractivity contribution in [1.82, 2.24) is 4.90 Å². The molecular weight excluding hydrogens is 288 g/mol. The minimum absolute atomic E-state index is 0.00468. The van der Waals surface area contributed by atoms with E-state index >= 15 is 0 Å². The number of rotatable bonds is 5. The zero-order valence-corrected chi connectivity index (χ0v) is 13.6. The molecule has 5 heteroatoms. The van der Waals surface area contributed by atoms with Crippen molar-refractivity contribution in [3.63, 3.8) is 0 Å². The minimum atomic E-state index is 0.00468. The Labute approximate surface area is 131 Å². The van der Waals surface area contributed by atoms with Crippen LogP contribution in [0.3, 0.4) is 0 Å². The third kappa shape index (κ3) is 3.82. The van der Waals surface area contributed by atoms with Crippen molar-refractivity contribution in [3.05, 3.63) is 22.7 Å². The Kier molecular flexibility index (Phi) is 5.73. The molecule has 0 spiro atoms. The van der Waals surface area contributed by atoms with Gasteiger partial charge >= 0.3 is 0 Å². The second kappa shape index (κ2) is 7.34. The van der Waals surface area contributed by atoms with Crippen LogP contribution in [-0.2, 0) is 0 Å². The van der Waals surface area contributed by atoms with Crippen LogP contribution in [0.5, 0.6) is 11.5 Å². The lowest BCUT2D eigenvalue weighted by Crippen LogP contribution is -2.40. The van der Waals surface area contributed by atoms with Gasteiger partial charge < -0.3 is 15.6 Å². The Morgan fingerprint density at radius 1 is 1.52 bits per heavy atom. The highest BCUT2D eigenvalue weighted by Crippen LogP contribution is 2.38. The first-order valence-electron chi connectivity index (χ1n) is 7.66. The Bertz CT molecular complexity index is 482. The smallest absolute Gasteiger partial charge is 0.176 e. The standard InChI is InChI=1S/C16H25ClN2O2/c1-3-21-15-8-12(7-13(17)16(15)20)14(9-18)19-6-4-5-11(2)10-19/h7-8,11,14,20H,3-6,9-10,18H2,1-2H3. The van der Waals surface area contributed by atoms with E-state index in [1.807, 2.05) is 13.0 Å². The molecule has 2 atom stereocenters. The summed E-state index contributed by atoms with van der Waals surface area (Å²) < 4.78 is 5.47. The van der Waals surface area contributed by atoms with Gasteiger partial charge in [-0.15, -0.1) is 0 Å². The molecule has 2 unspecified atom stereocenters. The number of halogens is 1. The summed E-state index contributed by atoms with van der Waals surface area (Å²) in [6, 6.07) is 3.78. The van der Waals surface area contributed by atoms with Crippen LogP contribution in [0, 0.1) is 5.92 Å². The number of phenols is 1. The highest BCUT2D eigenvalue weighted by molar-refractivity contribution is 6.32. The van der Waals surface area contributed by atoms with E-state index in [4.69, 9.17) is 22.1 Å². The normalized spacial score (nSPS) is 21.2. The molecule has 2 rings (SSSR count). The average molecular weight is 313 g/mol. The van der Waals surface area contributed by atoms with Crippen LogP contribution >= 0.6 is 11.6 Å². The van der Waals surface area contributed by atoms with Crippen molar-refractivity contribution in [2.24, 2.45) is 11.7 Å². The van der Waals surface area contributed by atoms with Gasteiger partial charge in [-0.2, -0.15) is 0 Å². The molecule has 1 aliphatic heterocycles. The predicted octanol–water partition coefficient (Wildman–Crippen LogP) is 3.18. The maximum Gasteiger partial charge on any atom is 0.176 e. The van der Waals surface area contributed by atoms with Crippen LogP contribution in [0.4, 0.5) is 0 Å². The molecule has 0 saturated carbocycles. The quantitative estimate of drug-likeness (QED) is 0.876. The van der Waals surface area contributed by atoms with Crippen molar-refractivity contribution in [2.75, 3.05) is 26.2 Å². The first-order chi connectivity index (χ1) is 10.1. The monoisotopic (exact) mass is 312 g/mol. The summed E-state index contributed by atoms with van der Waals surface area (Å²) >= 11 is 6.13. The Morgan fingerprint density at radius 2 is 2.29 bits per heavy atom. The van der Waals surface area contributed by atoms with E-state index in [9.17, 15) is 5.11 Å². The number of hydrogen-bond donors (Lipinski definition) is 2. The van der Waals surface area contributed by atoms with Gasteiger partial charge in [0, 0.05) is 19.1 Å². The van der Waals surface area contributed by atoms with E-state index in [0.717, 1.165) is 18.7 Å². The van der Waals surface area contributed by atoms with Gasteiger partial charge in [0.25, 0.3) is 0 Å². The van der Waals surface area contributed by atoms with E-state index in [2.05, 4.69) is 11.8 Å². The SMILES string of the molecule is CCOc1cc(C(CN)N2CCCC(C)C2)cc(Cl)c1O. The molecule has 1 saturated heterocycles. The van der Waals surface area contributed by atoms with E-state index in [1.54, 1.807) is 6.07 Å². The molecule has 1 heterocycles. The van der Waals surface area contributed by atoms with Gasteiger partial charge in [0.1, 0.15) is 0 Å². The van der Waals surface area contributed by atoms with Crippen LogP contribution in [-0.4, -0.2) is 36.2 Å². The fourth-order valence-electron chi connectivity index (χ4n) is 3.06. The molecule has 0 radical (unpaired) electrons. The summed E-state index contributed by atoms with van der Waals surface area (Å²) in [5.74, 6) is 1.13. The van der Waals surface area contributed by atoms with Crippen molar-refractivity contribution in [3.8, 4) is 11.5 Å². The molecule has 0 aliphatic carbocycles. The lowest BCUT2D eigenvalue weighted by molar-refractivity contribution is 0.133. The van der Waals surface area contributed by atoms with Crippen LogP contribution in [0.2, 0.25) is 5.02 Å². The highest BCUT2D eigenvalue weighted by atomic mass is 35.5. The summed E-state index contributed by atoms with van der Waals surface area (Å²) in [6.07, 6.45) is 2.47. The molecule has 21 heavy (non-hydrogen) atoms. The summed E-state index contributed by atoms with van der Waals surface area (Å²) in [4.78, 5) is 2.41. The van der Waals surface area contributed by atoms with Crippen LogP contribution in [0.25, 0.3) is 0 Å². The minimum Gasteiger partial charge on any atom is -0.503 e. The number of piperidine rings is 1. The maximum atomic E-state index is 9.96. The van der Waals surface area contributed by atoms with Gasteiger partial charge in [-0.05, 0) is 49.9 Å². The van der Waals surface area contributed by atoms with Crippen molar-refractivity contribution in [1.29, 1.82) is 0 Å². The van der Waals surface area contributed by atoms with Gasteiger partial charge in [0.15, 0.2) is 11.5 Å². The average Bonchev–Trinajstić information content (AvgIpc) is 2.45. The van der Waals surface area contributed by atoms with E-state index in [0.29, 0.717) is 29.8 Å². The molecular formula is C16H25ClN2O2. The van der Waals surface area contributed by atoms with Gasteiger partial charge in [0.05, 0.1) is 11.6 Å². The van der Waals surface area contributed by atoms with Crippen LogP contribution in [0.15, 0.2) is 12.1 Å². The molecule has 1 aromatic rings. The van der Waals surface area contributed by atoms with Crippen molar-refractivity contribution in [2.45, 2.75) is 32.7 Å². The second-order valence-corrected chi connectivity index (χ2v) is 6.18.